The molecule has 1 amide bonds. The maximum Gasteiger partial charge on any atom is 0.333 e. The first-order valence-corrected chi connectivity index (χ1v) is 5.84. The number of carbonyl (C=O) groups is 2. The van der Waals surface area contributed by atoms with Crippen molar-refractivity contribution in [3.63, 3.8) is 0 Å². The van der Waals surface area contributed by atoms with Gasteiger partial charge in [-0.3, -0.25) is 4.79 Å². The van der Waals surface area contributed by atoms with Crippen molar-refractivity contribution >= 4 is 24.3 Å². The van der Waals surface area contributed by atoms with Gasteiger partial charge in [-0.1, -0.05) is 30.3 Å². The number of carbonyl (C=O) groups excluding carboxylic acids is 2. The highest BCUT2D eigenvalue weighted by Gasteiger charge is 2.23. The summed E-state index contributed by atoms with van der Waals surface area (Å²) < 4.78 is 4.96. The van der Waals surface area contributed by atoms with Gasteiger partial charge in [-0.05, 0) is 19.5 Å². The highest BCUT2D eigenvalue weighted by molar-refractivity contribution is 5.86. The summed E-state index contributed by atoms with van der Waals surface area (Å²) >= 11 is 0. The van der Waals surface area contributed by atoms with Gasteiger partial charge < -0.3 is 15.4 Å². The van der Waals surface area contributed by atoms with E-state index < -0.39 is 12.0 Å². The standard InChI is InChI=1S/C13H18N2O3.ClH/c1-3-18-13(17)12(15-11(16)9-14-2)10-7-5-4-6-8-10;/h4-8,12,14H,3,9H2,1-2H3,(H,15,16);1H/t12-;/m1./s1. The number of rotatable bonds is 6. The Morgan fingerprint density at radius 2 is 1.89 bits per heavy atom. The van der Waals surface area contributed by atoms with Crippen molar-refractivity contribution in [2.45, 2.75) is 13.0 Å². The fourth-order valence-corrected chi connectivity index (χ4v) is 1.52. The van der Waals surface area contributed by atoms with E-state index >= 15 is 0 Å². The minimum atomic E-state index is -0.757. The van der Waals surface area contributed by atoms with Crippen LogP contribution in [0.1, 0.15) is 18.5 Å². The minimum Gasteiger partial charge on any atom is -0.464 e. The quantitative estimate of drug-likeness (QED) is 0.767. The molecule has 0 saturated heterocycles. The van der Waals surface area contributed by atoms with Gasteiger partial charge in [-0.2, -0.15) is 0 Å². The highest BCUT2D eigenvalue weighted by atomic mass is 35.5. The minimum absolute atomic E-state index is 0. The third kappa shape index (κ3) is 5.72. The summed E-state index contributed by atoms with van der Waals surface area (Å²) in [5.74, 6) is -0.701. The molecule has 0 aliphatic rings. The van der Waals surface area contributed by atoms with Crippen LogP contribution in [-0.4, -0.2) is 32.1 Å². The molecule has 1 aromatic carbocycles. The maximum atomic E-state index is 11.8. The number of likely N-dealkylation sites (N-methyl/N-ethyl adjacent to an activating group) is 1. The van der Waals surface area contributed by atoms with Gasteiger partial charge in [0.1, 0.15) is 0 Å². The van der Waals surface area contributed by atoms with Crippen molar-refractivity contribution < 1.29 is 14.3 Å². The van der Waals surface area contributed by atoms with E-state index in [0.29, 0.717) is 5.56 Å². The summed E-state index contributed by atoms with van der Waals surface area (Å²) in [7, 11) is 1.67. The van der Waals surface area contributed by atoms with Gasteiger partial charge in [0.15, 0.2) is 6.04 Å². The summed E-state index contributed by atoms with van der Waals surface area (Å²) in [5, 5.41) is 5.37. The number of hydrogen-bond acceptors (Lipinski definition) is 4. The molecule has 1 rings (SSSR count). The molecule has 0 radical (unpaired) electrons. The summed E-state index contributed by atoms with van der Waals surface area (Å²) in [5.41, 5.74) is 0.709. The average Bonchev–Trinajstić information content (AvgIpc) is 2.37. The molecular weight excluding hydrogens is 268 g/mol. The maximum absolute atomic E-state index is 11.8. The zero-order valence-corrected chi connectivity index (χ0v) is 11.8. The van der Waals surface area contributed by atoms with Crippen LogP contribution in [0.2, 0.25) is 0 Å². The molecule has 0 bridgehead atoms. The predicted octanol–water partition coefficient (Wildman–Crippen LogP) is 1.05. The molecule has 0 fully saturated rings. The molecule has 0 aromatic heterocycles. The van der Waals surface area contributed by atoms with Crippen molar-refractivity contribution in [2.24, 2.45) is 0 Å². The van der Waals surface area contributed by atoms with E-state index in [4.69, 9.17) is 4.74 Å². The Labute approximate surface area is 119 Å². The van der Waals surface area contributed by atoms with Crippen molar-refractivity contribution in [3.05, 3.63) is 35.9 Å². The van der Waals surface area contributed by atoms with Crippen LogP contribution >= 0.6 is 12.4 Å². The molecule has 1 aromatic rings. The third-order valence-corrected chi connectivity index (χ3v) is 2.30. The summed E-state index contributed by atoms with van der Waals surface area (Å²) in [6.45, 7) is 2.17. The molecule has 0 spiro atoms. The van der Waals surface area contributed by atoms with Crippen LogP contribution in [0.15, 0.2) is 30.3 Å². The summed E-state index contributed by atoms with van der Waals surface area (Å²) in [6, 6.07) is 8.27. The number of hydrogen-bond donors (Lipinski definition) is 2. The van der Waals surface area contributed by atoms with Crippen LogP contribution in [0.4, 0.5) is 0 Å². The van der Waals surface area contributed by atoms with Crippen molar-refractivity contribution in [3.8, 4) is 0 Å². The van der Waals surface area contributed by atoms with Gasteiger partial charge in [-0.25, -0.2) is 4.79 Å². The molecule has 1 atom stereocenters. The Hall–Kier alpha value is -1.59. The molecule has 0 aliphatic heterocycles. The lowest BCUT2D eigenvalue weighted by Gasteiger charge is -2.17. The van der Waals surface area contributed by atoms with E-state index in [2.05, 4.69) is 10.6 Å². The lowest BCUT2D eigenvalue weighted by molar-refractivity contribution is -0.147. The van der Waals surface area contributed by atoms with E-state index in [9.17, 15) is 9.59 Å². The SMILES string of the molecule is CCOC(=O)[C@H](NC(=O)CNC)c1ccccc1.Cl. The Balaban J connectivity index is 0.00000324. The highest BCUT2D eigenvalue weighted by Crippen LogP contribution is 2.14. The van der Waals surface area contributed by atoms with Gasteiger partial charge >= 0.3 is 5.97 Å². The topological polar surface area (TPSA) is 67.4 Å². The second-order valence-corrected chi connectivity index (χ2v) is 3.69. The van der Waals surface area contributed by atoms with Gasteiger partial charge in [0.2, 0.25) is 5.91 Å². The fraction of sp³-hybridized carbons (Fsp3) is 0.385. The van der Waals surface area contributed by atoms with E-state index in [0.717, 1.165) is 0 Å². The predicted molar refractivity (Wildman–Crippen MR) is 75.1 cm³/mol. The normalized spacial score (nSPS) is 11.1. The molecule has 0 unspecified atom stereocenters. The molecule has 6 heteroatoms. The van der Waals surface area contributed by atoms with Gasteiger partial charge in [0.05, 0.1) is 13.2 Å². The lowest BCUT2D eigenvalue weighted by atomic mass is 10.1. The van der Waals surface area contributed by atoms with E-state index in [1.54, 1.807) is 26.1 Å². The zero-order chi connectivity index (χ0) is 13.4. The molecule has 0 aliphatic carbocycles. The third-order valence-electron chi connectivity index (χ3n) is 2.30. The first-order chi connectivity index (χ1) is 8.69. The first kappa shape index (κ1) is 17.4. The number of nitrogens with one attached hydrogen (secondary N) is 2. The van der Waals surface area contributed by atoms with Crippen LogP contribution in [0, 0.1) is 0 Å². The van der Waals surface area contributed by atoms with Crippen molar-refractivity contribution in [1.82, 2.24) is 10.6 Å². The molecule has 0 heterocycles. The number of halogens is 1. The van der Waals surface area contributed by atoms with Crippen molar-refractivity contribution in [2.75, 3.05) is 20.2 Å². The zero-order valence-electron chi connectivity index (χ0n) is 11.0. The molecule has 19 heavy (non-hydrogen) atoms. The fourth-order valence-electron chi connectivity index (χ4n) is 1.52. The van der Waals surface area contributed by atoms with Crippen molar-refractivity contribution in [1.29, 1.82) is 0 Å². The molecule has 106 valence electrons. The van der Waals surface area contributed by atoms with Crippen LogP contribution in [0.5, 0.6) is 0 Å². The number of amides is 1. The second kappa shape index (κ2) is 9.35. The van der Waals surface area contributed by atoms with E-state index in [-0.39, 0.29) is 31.5 Å². The Bertz CT molecular complexity index is 398. The largest absolute Gasteiger partial charge is 0.464 e. The molecular formula is C13H19ClN2O3. The van der Waals surface area contributed by atoms with Gasteiger partial charge in [0.25, 0.3) is 0 Å². The smallest absolute Gasteiger partial charge is 0.333 e. The number of esters is 1. The van der Waals surface area contributed by atoms with Gasteiger partial charge in [-0.15, -0.1) is 12.4 Å². The summed E-state index contributed by atoms with van der Waals surface area (Å²) in [6.07, 6.45) is 0. The van der Waals surface area contributed by atoms with E-state index in [1.165, 1.54) is 0 Å². The first-order valence-electron chi connectivity index (χ1n) is 5.84. The molecule has 0 saturated carbocycles. The van der Waals surface area contributed by atoms with Gasteiger partial charge in [0, 0.05) is 0 Å². The average molecular weight is 287 g/mol. The van der Waals surface area contributed by atoms with Crippen LogP contribution in [0.3, 0.4) is 0 Å². The van der Waals surface area contributed by atoms with Crippen LogP contribution < -0.4 is 10.6 Å². The number of benzene rings is 1. The summed E-state index contributed by atoms with van der Waals surface area (Å²) in [4.78, 5) is 23.4. The van der Waals surface area contributed by atoms with E-state index in [1.807, 2.05) is 18.2 Å². The molecule has 5 nitrogen and oxygen atoms in total. The van der Waals surface area contributed by atoms with Crippen LogP contribution in [0.25, 0.3) is 0 Å². The molecule has 2 N–H and O–H groups in total. The monoisotopic (exact) mass is 286 g/mol. The number of ether oxygens (including phenoxy) is 1. The Morgan fingerprint density at radius 1 is 1.26 bits per heavy atom. The lowest BCUT2D eigenvalue weighted by Crippen LogP contribution is -2.39. The van der Waals surface area contributed by atoms with Crippen LogP contribution in [-0.2, 0) is 14.3 Å². The second-order valence-electron chi connectivity index (χ2n) is 3.69. The Kier molecular flexibility index (Phi) is 8.57. The Morgan fingerprint density at radius 3 is 2.42 bits per heavy atom.